The van der Waals surface area contributed by atoms with Crippen molar-refractivity contribution in [2.45, 2.75) is 58.9 Å². The molecule has 0 saturated carbocycles. The zero-order valence-corrected chi connectivity index (χ0v) is 25.1. The zero-order chi connectivity index (χ0) is 29.1. The van der Waals surface area contributed by atoms with Gasteiger partial charge in [0.25, 0.3) is 0 Å². The van der Waals surface area contributed by atoms with E-state index in [1.54, 1.807) is 33.0 Å². The molecule has 0 bridgehead atoms. The van der Waals surface area contributed by atoms with Crippen molar-refractivity contribution in [3.63, 3.8) is 0 Å². The van der Waals surface area contributed by atoms with E-state index >= 15 is 0 Å². The Hall–Kier alpha value is -3.80. The van der Waals surface area contributed by atoms with Crippen LogP contribution in [0.2, 0.25) is 0 Å². The second-order valence-electron chi connectivity index (χ2n) is 11.1. The van der Waals surface area contributed by atoms with Gasteiger partial charge in [-0.15, -0.1) is 0 Å². The molecule has 2 aromatic carbocycles. The number of amides is 1. The number of carbonyl (C=O) groups excluding carboxylic acids is 2. The summed E-state index contributed by atoms with van der Waals surface area (Å²) in [5, 5.41) is 1.21. The van der Waals surface area contributed by atoms with E-state index in [0.29, 0.717) is 18.0 Å². The van der Waals surface area contributed by atoms with Gasteiger partial charge < -0.3 is 19.1 Å². The van der Waals surface area contributed by atoms with E-state index in [9.17, 15) is 9.59 Å². The number of nitrogens with zero attached hydrogens (tertiary/aromatic N) is 3. The Balaban J connectivity index is 2.01. The van der Waals surface area contributed by atoms with Crippen molar-refractivity contribution in [3.8, 4) is 17.0 Å². The number of aromatic nitrogens is 1. The highest BCUT2D eigenvalue weighted by atomic mass is 16.5. The first-order valence-electron chi connectivity index (χ1n) is 14.3. The van der Waals surface area contributed by atoms with Crippen molar-refractivity contribution in [3.05, 3.63) is 70.9 Å². The number of allylic oxidation sites excluding steroid dienone is 1. The summed E-state index contributed by atoms with van der Waals surface area (Å²) in [7, 11) is 7.13. The molecule has 0 N–H and O–H groups in total. The highest BCUT2D eigenvalue weighted by Crippen LogP contribution is 2.46. The number of benzene rings is 2. The quantitative estimate of drug-likeness (QED) is 0.242. The number of carbonyl (C=O) groups is 2. The number of rotatable bonds is 11. The first-order chi connectivity index (χ1) is 19.1. The summed E-state index contributed by atoms with van der Waals surface area (Å²) in [5.41, 5.74) is 8.34. The summed E-state index contributed by atoms with van der Waals surface area (Å²) >= 11 is 0. The van der Waals surface area contributed by atoms with Gasteiger partial charge in [-0.1, -0.05) is 45.4 Å². The van der Waals surface area contributed by atoms with E-state index < -0.39 is 0 Å². The molecular formula is C34H43N3O3. The van der Waals surface area contributed by atoms with E-state index in [0.717, 1.165) is 59.3 Å². The standard InChI is InChI=1S/C34H43N3O3/c1-9-11-24(12-10-2)33-30-15-13-25(23(4)38)19-31(30)37-20-27(22(3)36(7)21-32(39)35(5)6)17-26-18-28(40-8)14-16-29(26)34(33)37/h13-19,24H,3,9-12,20-21H2,1-2,4-8H3. The van der Waals surface area contributed by atoms with Crippen LogP contribution in [0.15, 0.2) is 54.2 Å². The minimum Gasteiger partial charge on any atom is -0.497 e. The molecule has 0 atom stereocenters. The summed E-state index contributed by atoms with van der Waals surface area (Å²) in [4.78, 5) is 28.5. The van der Waals surface area contributed by atoms with Gasteiger partial charge in [0.2, 0.25) is 5.91 Å². The third kappa shape index (κ3) is 5.58. The number of Topliss-reactive ketones (excluding diaryl/α,β-unsaturated/α-hetero) is 1. The normalized spacial score (nSPS) is 12.4. The van der Waals surface area contributed by atoms with Crippen LogP contribution in [0.4, 0.5) is 0 Å². The molecule has 4 rings (SSSR count). The van der Waals surface area contributed by atoms with Gasteiger partial charge in [0.15, 0.2) is 5.78 Å². The predicted octanol–water partition coefficient (Wildman–Crippen LogP) is 7.13. The third-order valence-electron chi connectivity index (χ3n) is 8.07. The van der Waals surface area contributed by atoms with Gasteiger partial charge in [-0.3, -0.25) is 9.59 Å². The van der Waals surface area contributed by atoms with Crippen LogP contribution in [-0.4, -0.2) is 60.9 Å². The number of hydrogen-bond donors (Lipinski definition) is 0. The topological polar surface area (TPSA) is 54.8 Å². The van der Waals surface area contributed by atoms with Crippen LogP contribution < -0.4 is 4.74 Å². The Morgan fingerprint density at radius 2 is 1.75 bits per heavy atom. The van der Waals surface area contributed by atoms with Gasteiger partial charge in [-0.05, 0) is 72.7 Å². The van der Waals surface area contributed by atoms with E-state index in [2.05, 4.69) is 49.3 Å². The summed E-state index contributed by atoms with van der Waals surface area (Å²) in [6, 6.07) is 12.4. The average molecular weight is 542 g/mol. The minimum absolute atomic E-state index is 0.0161. The molecule has 6 heteroatoms. The Morgan fingerprint density at radius 3 is 2.35 bits per heavy atom. The van der Waals surface area contributed by atoms with E-state index in [1.165, 1.54) is 16.6 Å². The lowest BCUT2D eigenvalue weighted by atomic mass is 9.86. The SMILES string of the molecule is C=C(C1=Cc2cc(OC)ccc2-c2c(C(CCC)CCC)c3ccc(C(C)=O)cc3n2C1)N(C)CC(=O)N(C)C. The van der Waals surface area contributed by atoms with Crippen molar-refractivity contribution in [2.24, 2.45) is 0 Å². The number of methoxy groups -OCH3 is 1. The van der Waals surface area contributed by atoms with Crippen LogP contribution in [0.3, 0.4) is 0 Å². The molecule has 0 saturated heterocycles. The van der Waals surface area contributed by atoms with E-state index in [1.807, 2.05) is 30.1 Å². The van der Waals surface area contributed by atoms with Crippen molar-refractivity contribution < 1.29 is 14.3 Å². The number of ketones is 1. The van der Waals surface area contributed by atoms with Gasteiger partial charge in [-0.2, -0.15) is 0 Å². The molecule has 0 fully saturated rings. The fraction of sp³-hybridized carbons (Fsp3) is 0.412. The van der Waals surface area contributed by atoms with E-state index in [4.69, 9.17) is 4.74 Å². The Morgan fingerprint density at radius 1 is 1.05 bits per heavy atom. The van der Waals surface area contributed by atoms with Crippen molar-refractivity contribution in [2.75, 3.05) is 34.8 Å². The summed E-state index contributed by atoms with van der Waals surface area (Å²) < 4.78 is 8.00. The molecular weight excluding hydrogens is 498 g/mol. The van der Waals surface area contributed by atoms with Gasteiger partial charge in [0.1, 0.15) is 5.75 Å². The van der Waals surface area contributed by atoms with Crippen LogP contribution >= 0.6 is 0 Å². The molecule has 40 heavy (non-hydrogen) atoms. The molecule has 3 aromatic rings. The molecule has 6 nitrogen and oxygen atoms in total. The summed E-state index contributed by atoms with van der Waals surface area (Å²) in [6.07, 6.45) is 6.58. The van der Waals surface area contributed by atoms with E-state index in [-0.39, 0.29) is 18.2 Å². The first-order valence-corrected chi connectivity index (χ1v) is 14.3. The Kier molecular flexibility index (Phi) is 8.87. The summed E-state index contributed by atoms with van der Waals surface area (Å²) in [5.74, 6) is 1.26. The third-order valence-corrected chi connectivity index (χ3v) is 8.07. The molecule has 212 valence electrons. The first kappa shape index (κ1) is 29.2. The van der Waals surface area contributed by atoms with Gasteiger partial charge >= 0.3 is 0 Å². The molecule has 1 aromatic heterocycles. The maximum atomic E-state index is 12.5. The number of ether oxygens (including phenoxy) is 1. The van der Waals surface area contributed by atoms with Crippen LogP contribution in [0.25, 0.3) is 28.2 Å². The predicted molar refractivity (Wildman–Crippen MR) is 165 cm³/mol. The van der Waals surface area contributed by atoms with Crippen molar-refractivity contribution >= 4 is 28.7 Å². The van der Waals surface area contributed by atoms with Crippen molar-refractivity contribution in [1.29, 1.82) is 0 Å². The molecule has 1 aliphatic rings. The highest BCUT2D eigenvalue weighted by molar-refractivity contribution is 6.01. The second-order valence-corrected chi connectivity index (χ2v) is 11.1. The smallest absolute Gasteiger partial charge is 0.241 e. The highest BCUT2D eigenvalue weighted by Gasteiger charge is 2.29. The fourth-order valence-electron chi connectivity index (χ4n) is 5.86. The Labute approximate surface area is 238 Å². The second kappa shape index (κ2) is 12.2. The lowest BCUT2D eigenvalue weighted by molar-refractivity contribution is -0.129. The van der Waals surface area contributed by atoms with Crippen molar-refractivity contribution in [1.82, 2.24) is 14.4 Å². The van der Waals surface area contributed by atoms with Gasteiger partial charge in [0, 0.05) is 48.9 Å². The lowest BCUT2D eigenvalue weighted by Crippen LogP contribution is -2.34. The molecule has 0 aliphatic carbocycles. The Bertz CT molecular complexity index is 1470. The number of hydrogen-bond acceptors (Lipinski definition) is 4. The fourth-order valence-corrected chi connectivity index (χ4v) is 5.86. The van der Waals surface area contributed by atoms with Gasteiger partial charge in [0.05, 0.1) is 25.9 Å². The molecule has 0 radical (unpaired) electrons. The average Bonchev–Trinajstić information content (AvgIpc) is 3.14. The minimum atomic E-state index is 0.0161. The molecule has 1 amide bonds. The van der Waals surface area contributed by atoms with Crippen LogP contribution in [0.1, 0.15) is 73.9 Å². The number of likely N-dealkylation sites (N-methyl/N-ethyl adjacent to an activating group) is 2. The number of fused-ring (bicyclic) bond motifs is 5. The molecule has 0 spiro atoms. The van der Waals surface area contributed by atoms with Gasteiger partial charge in [-0.25, -0.2) is 0 Å². The zero-order valence-electron chi connectivity index (χ0n) is 25.1. The van der Waals surface area contributed by atoms with Crippen LogP contribution in [0.5, 0.6) is 5.75 Å². The maximum absolute atomic E-state index is 12.5. The molecule has 0 unspecified atom stereocenters. The molecule has 1 aliphatic heterocycles. The monoisotopic (exact) mass is 541 g/mol. The molecule has 2 heterocycles. The maximum Gasteiger partial charge on any atom is 0.241 e. The summed E-state index contributed by atoms with van der Waals surface area (Å²) in [6.45, 7) is 11.4. The lowest BCUT2D eigenvalue weighted by Gasteiger charge is -2.25. The van der Waals surface area contributed by atoms with Crippen LogP contribution in [0, 0.1) is 0 Å². The largest absolute Gasteiger partial charge is 0.497 e. The van der Waals surface area contributed by atoms with Crippen LogP contribution in [-0.2, 0) is 11.3 Å².